The van der Waals surface area contributed by atoms with E-state index in [1.807, 2.05) is 5.38 Å². The van der Waals surface area contributed by atoms with Gasteiger partial charge in [0.2, 0.25) is 0 Å². The van der Waals surface area contributed by atoms with Crippen LogP contribution in [0, 0.1) is 0 Å². The highest BCUT2D eigenvalue weighted by atomic mass is 79.9. The van der Waals surface area contributed by atoms with Crippen LogP contribution in [0.1, 0.15) is 28.9 Å². The molecule has 2 aromatic heterocycles. The highest BCUT2D eigenvalue weighted by molar-refractivity contribution is 9.10. The molecule has 2 heterocycles. The molecule has 0 unspecified atom stereocenters. The lowest BCUT2D eigenvalue weighted by atomic mass is 10.2. The van der Waals surface area contributed by atoms with Crippen molar-refractivity contribution in [2.45, 2.75) is 19.3 Å². The molecule has 0 atom stereocenters. The molecule has 6 nitrogen and oxygen atoms in total. The molecule has 110 valence electrons. The monoisotopic (exact) mass is 369 g/mol. The molecule has 0 aromatic carbocycles. The first-order valence-corrected chi connectivity index (χ1v) is 7.81. The summed E-state index contributed by atoms with van der Waals surface area (Å²) in [6.07, 6.45) is 2.81. The van der Waals surface area contributed by atoms with Crippen molar-refractivity contribution in [1.29, 1.82) is 0 Å². The van der Waals surface area contributed by atoms with Crippen LogP contribution in [-0.4, -0.2) is 27.0 Å². The summed E-state index contributed by atoms with van der Waals surface area (Å²) < 4.78 is 0.473. The van der Waals surface area contributed by atoms with Gasteiger partial charge in [-0.15, -0.1) is 11.3 Å². The summed E-state index contributed by atoms with van der Waals surface area (Å²) in [5, 5.41) is 13.6. The molecular formula is C13H12BrN3O3S. The summed E-state index contributed by atoms with van der Waals surface area (Å²) >= 11 is 4.53. The van der Waals surface area contributed by atoms with Gasteiger partial charge in [-0.1, -0.05) is 0 Å². The van der Waals surface area contributed by atoms with Crippen LogP contribution in [0.5, 0.6) is 0 Å². The number of carbonyl (C=O) groups is 2. The summed E-state index contributed by atoms with van der Waals surface area (Å²) in [5.74, 6) is -1.11. The molecule has 0 spiro atoms. The van der Waals surface area contributed by atoms with Gasteiger partial charge < -0.3 is 5.11 Å². The fourth-order valence-corrected chi connectivity index (χ4v) is 2.79. The number of rotatable bonds is 6. The fraction of sp³-hybridized carbons (Fsp3) is 0.231. The van der Waals surface area contributed by atoms with Crippen LogP contribution in [-0.2, 0) is 11.2 Å². The zero-order valence-electron chi connectivity index (χ0n) is 10.9. The number of halogens is 1. The van der Waals surface area contributed by atoms with E-state index in [0.717, 1.165) is 5.69 Å². The average molecular weight is 370 g/mol. The van der Waals surface area contributed by atoms with Gasteiger partial charge in [0.15, 0.2) is 5.13 Å². The van der Waals surface area contributed by atoms with Gasteiger partial charge in [-0.2, -0.15) is 0 Å². The van der Waals surface area contributed by atoms with Crippen LogP contribution in [0.2, 0.25) is 0 Å². The minimum absolute atomic E-state index is 0.113. The van der Waals surface area contributed by atoms with E-state index in [4.69, 9.17) is 5.11 Å². The highest BCUT2D eigenvalue weighted by Gasteiger charge is 2.12. The smallest absolute Gasteiger partial charge is 0.303 e. The van der Waals surface area contributed by atoms with E-state index in [1.165, 1.54) is 11.3 Å². The maximum atomic E-state index is 12.1. The fourth-order valence-electron chi connectivity index (χ4n) is 1.62. The Balaban J connectivity index is 1.95. The van der Waals surface area contributed by atoms with Gasteiger partial charge in [-0.05, 0) is 40.9 Å². The lowest BCUT2D eigenvalue weighted by molar-refractivity contribution is -0.137. The molecule has 0 radical (unpaired) electrons. The topological polar surface area (TPSA) is 92.2 Å². The average Bonchev–Trinajstić information content (AvgIpc) is 2.86. The van der Waals surface area contributed by atoms with Crippen molar-refractivity contribution in [3.8, 4) is 0 Å². The Hall–Kier alpha value is -1.80. The van der Waals surface area contributed by atoms with Crippen molar-refractivity contribution in [2.24, 2.45) is 0 Å². The molecule has 0 aliphatic rings. The van der Waals surface area contributed by atoms with Gasteiger partial charge in [-0.25, -0.2) is 9.97 Å². The van der Waals surface area contributed by atoms with E-state index in [9.17, 15) is 9.59 Å². The summed E-state index contributed by atoms with van der Waals surface area (Å²) in [5.41, 5.74) is 1.21. The van der Waals surface area contributed by atoms with Crippen molar-refractivity contribution in [1.82, 2.24) is 9.97 Å². The number of anilines is 1. The lowest BCUT2D eigenvalue weighted by Crippen LogP contribution is -2.12. The number of thiazole rings is 1. The maximum absolute atomic E-state index is 12.1. The molecule has 8 heteroatoms. The van der Waals surface area contributed by atoms with E-state index in [2.05, 4.69) is 31.2 Å². The third-order valence-electron chi connectivity index (χ3n) is 2.60. The minimum atomic E-state index is -0.819. The largest absolute Gasteiger partial charge is 0.481 e. The van der Waals surface area contributed by atoms with Crippen LogP contribution in [0.15, 0.2) is 28.3 Å². The number of carboxylic acids is 1. The lowest BCUT2D eigenvalue weighted by Gasteiger charge is -2.02. The molecular weight excluding hydrogens is 358 g/mol. The van der Waals surface area contributed by atoms with Gasteiger partial charge >= 0.3 is 5.97 Å². The molecule has 0 bridgehead atoms. The Kier molecular flexibility index (Phi) is 5.40. The Morgan fingerprint density at radius 2 is 2.24 bits per heavy atom. The van der Waals surface area contributed by atoms with Crippen molar-refractivity contribution >= 4 is 44.3 Å². The minimum Gasteiger partial charge on any atom is -0.481 e. The number of pyridine rings is 1. The van der Waals surface area contributed by atoms with Crippen molar-refractivity contribution in [3.63, 3.8) is 0 Å². The van der Waals surface area contributed by atoms with E-state index in [0.29, 0.717) is 28.1 Å². The first-order chi connectivity index (χ1) is 10.1. The second-order valence-corrected chi connectivity index (χ2v) is 5.80. The molecule has 1 amide bonds. The molecule has 0 aliphatic heterocycles. The zero-order chi connectivity index (χ0) is 15.2. The van der Waals surface area contributed by atoms with Gasteiger partial charge in [0.1, 0.15) is 4.60 Å². The third-order valence-corrected chi connectivity index (χ3v) is 4.04. The summed E-state index contributed by atoms with van der Waals surface area (Å²) in [6, 6.07) is 3.34. The van der Waals surface area contributed by atoms with Crippen LogP contribution >= 0.6 is 27.3 Å². The quantitative estimate of drug-likeness (QED) is 0.763. The Labute approximate surface area is 133 Å². The number of nitrogens with one attached hydrogen (secondary N) is 1. The second-order valence-electron chi connectivity index (χ2n) is 4.19. The maximum Gasteiger partial charge on any atom is 0.303 e. The van der Waals surface area contributed by atoms with Crippen LogP contribution in [0.25, 0.3) is 0 Å². The Morgan fingerprint density at radius 1 is 1.43 bits per heavy atom. The number of aryl methyl sites for hydroxylation is 1. The van der Waals surface area contributed by atoms with Gasteiger partial charge in [0, 0.05) is 18.0 Å². The summed E-state index contributed by atoms with van der Waals surface area (Å²) in [6.45, 7) is 0. The van der Waals surface area contributed by atoms with E-state index in [-0.39, 0.29) is 12.3 Å². The van der Waals surface area contributed by atoms with Crippen LogP contribution < -0.4 is 5.32 Å². The number of carbonyl (C=O) groups excluding carboxylic acids is 1. The third kappa shape index (κ3) is 4.61. The Bertz CT molecular complexity index is 660. The van der Waals surface area contributed by atoms with Gasteiger partial charge in [0.05, 0.1) is 11.3 Å². The first-order valence-electron chi connectivity index (χ1n) is 6.14. The van der Waals surface area contributed by atoms with E-state index < -0.39 is 5.97 Å². The number of nitrogens with zero attached hydrogens (tertiary/aromatic N) is 2. The van der Waals surface area contributed by atoms with Crippen molar-refractivity contribution < 1.29 is 14.7 Å². The zero-order valence-corrected chi connectivity index (χ0v) is 13.3. The molecule has 0 aliphatic carbocycles. The Morgan fingerprint density at radius 3 is 2.95 bits per heavy atom. The molecule has 2 aromatic rings. The number of hydrogen-bond acceptors (Lipinski definition) is 5. The number of aliphatic carboxylic acids is 1. The van der Waals surface area contributed by atoms with Crippen molar-refractivity contribution in [3.05, 3.63) is 39.6 Å². The molecule has 21 heavy (non-hydrogen) atoms. The number of aromatic nitrogens is 2. The van der Waals surface area contributed by atoms with Gasteiger partial charge in [0.25, 0.3) is 5.91 Å². The first kappa shape index (κ1) is 15.6. The molecule has 0 saturated carbocycles. The van der Waals surface area contributed by atoms with Crippen LogP contribution in [0.4, 0.5) is 5.13 Å². The highest BCUT2D eigenvalue weighted by Crippen LogP contribution is 2.19. The molecule has 2 N–H and O–H groups in total. The molecule has 2 rings (SSSR count). The predicted molar refractivity (Wildman–Crippen MR) is 82.6 cm³/mol. The predicted octanol–water partition coefficient (Wildman–Crippen LogP) is 2.96. The van der Waals surface area contributed by atoms with Crippen molar-refractivity contribution in [2.75, 3.05) is 5.32 Å². The SMILES string of the molecule is O=C(O)CCCc1csc(NC(=O)c2cccnc2Br)n1. The molecule has 0 fully saturated rings. The van der Waals surface area contributed by atoms with E-state index >= 15 is 0 Å². The number of amides is 1. The standard InChI is InChI=1S/C13H12BrN3O3S/c14-11-9(4-2-6-15-11)12(20)17-13-16-8(7-21-13)3-1-5-10(18)19/h2,4,6-7H,1,3,5H2,(H,18,19)(H,16,17,20). The van der Waals surface area contributed by atoms with Gasteiger partial charge in [-0.3, -0.25) is 14.9 Å². The van der Waals surface area contributed by atoms with E-state index in [1.54, 1.807) is 18.3 Å². The van der Waals surface area contributed by atoms with Crippen LogP contribution in [0.3, 0.4) is 0 Å². The summed E-state index contributed by atoms with van der Waals surface area (Å²) in [4.78, 5) is 30.7. The number of hydrogen-bond donors (Lipinski definition) is 2. The summed E-state index contributed by atoms with van der Waals surface area (Å²) in [7, 11) is 0. The normalized spacial score (nSPS) is 10.3. The number of carboxylic acid groups (broad SMARTS) is 1. The second kappa shape index (κ2) is 7.28. The molecule has 0 saturated heterocycles.